The monoisotopic (exact) mass is 364 g/mol. The quantitative estimate of drug-likeness (QED) is 0.705. The van der Waals surface area contributed by atoms with Crippen molar-refractivity contribution in [3.63, 3.8) is 0 Å². The Labute approximate surface area is 159 Å². The van der Waals surface area contributed by atoms with Gasteiger partial charge in [0.25, 0.3) is 5.91 Å². The largest absolute Gasteiger partial charge is 0.487 e. The molecule has 6 heteroatoms. The summed E-state index contributed by atoms with van der Waals surface area (Å²) in [7, 11) is 0. The maximum atomic E-state index is 12.8. The number of carbonyl (C=O) groups excluding carboxylic acids is 1. The third-order valence-electron chi connectivity index (χ3n) is 4.13. The fraction of sp³-hybridized carbons (Fsp3) is 0.286. The van der Waals surface area contributed by atoms with E-state index in [1.165, 1.54) is 0 Å². The van der Waals surface area contributed by atoms with E-state index in [1.54, 1.807) is 21.8 Å². The first kappa shape index (κ1) is 18.6. The summed E-state index contributed by atoms with van der Waals surface area (Å²) < 4.78 is 7.46. The average molecular weight is 364 g/mol. The number of fused-ring (bicyclic) bond motifs is 1. The fourth-order valence-corrected chi connectivity index (χ4v) is 2.83. The molecule has 1 aliphatic heterocycles. The molecule has 0 atom stereocenters. The van der Waals surface area contributed by atoms with Crippen LogP contribution in [0.2, 0.25) is 0 Å². The molecule has 0 fully saturated rings. The van der Waals surface area contributed by atoms with Crippen molar-refractivity contribution in [1.29, 1.82) is 0 Å². The zero-order valence-corrected chi connectivity index (χ0v) is 15.9. The van der Waals surface area contributed by atoms with Crippen LogP contribution in [-0.4, -0.2) is 27.2 Å². The molecule has 0 unspecified atom stereocenters. The lowest BCUT2D eigenvalue weighted by atomic mass is 10.2. The van der Waals surface area contributed by atoms with Crippen LogP contribution in [0, 0.1) is 6.92 Å². The van der Waals surface area contributed by atoms with Gasteiger partial charge in [0.15, 0.2) is 0 Å². The summed E-state index contributed by atoms with van der Waals surface area (Å²) in [5.41, 5.74) is 2.38. The van der Waals surface area contributed by atoms with Gasteiger partial charge in [0.05, 0.1) is 6.54 Å². The van der Waals surface area contributed by atoms with E-state index in [0.29, 0.717) is 31.2 Å². The normalized spacial score (nSPS) is 12.9. The topological polar surface area (TPSA) is 60.2 Å². The molecule has 0 N–H and O–H groups in total. The molecular weight excluding hydrogens is 340 g/mol. The molecule has 1 amide bonds. The number of para-hydroxylation sites is 1. The fourth-order valence-electron chi connectivity index (χ4n) is 2.83. The van der Waals surface area contributed by atoms with Crippen LogP contribution in [0.4, 0.5) is 5.82 Å². The zero-order chi connectivity index (χ0) is 19.2. The summed E-state index contributed by atoms with van der Waals surface area (Å²) in [6, 6.07) is 15.2. The van der Waals surface area contributed by atoms with Crippen LogP contribution in [0.5, 0.6) is 5.75 Å². The Bertz CT molecular complexity index is 888. The molecule has 0 saturated heterocycles. The lowest BCUT2D eigenvalue weighted by Gasteiger charge is -2.26. The van der Waals surface area contributed by atoms with Crippen LogP contribution < -0.4 is 9.64 Å². The van der Waals surface area contributed by atoms with Crippen molar-refractivity contribution in [1.82, 2.24) is 14.8 Å². The van der Waals surface area contributed by atoms with Gasteiger partial charge in [-0.1, -0.05) is 38.1 Å². The first-order valence-electron chi connectivity index (χ1n) is 9.20. The van der Waals surface area contributed by atoms with Gasteiger partial charge in [-0.05, 0) is 36.8 Å². The van der Waals surface area contributed by atoms with E-state index in [1.807, 2.05) is 63.2 Å². The van der Waals surface area contributed by atoms with E-state index in [9.17, 15) is 4.79 Å². The molecule has 0 aliphatic carbocycles. The maximum absolute atomic E-state index is 12.8. The first-order valence-corrected chi connectivity index (χ1v) is 9.20. The van der Waals surface area contributed by atoms with Crippen LogP contribution in [0.3, 0.4) is 0 Å². The van der Waals surface area contributed by atoms with E-state index in [4.69, 9.17) is 4.74 Å². The summed E-state index contributed by atoms with van der Waals surface area (Å²) in [5.74, 6) is 1.37. The summed E-state index contributed by atoms with van der Waals surface area (Å²) >= 11 is 0. The minimum absolute atomic E-state index is 0.0823. The van der Waals surface area contributed by atoms with Gasteiger partial charge in [0, 0.05) is 12.7 Å². The zero-order valence-electron chi connectivity index (χ0n) is 15.9. The Balaban J connectivity index is 0.00000102. The van der Waals surface area contributed by atoms with Gasteiger partial charge in [0.1, 0.15) is 29.6 Å². The molecule has 1 aromatic carbocycles. The summed E-state index contributed by atoms with van der Waals surface area (Å²) in [4.78, 5) is 18.8. The van der Waals surface area contributed by atoms with E-state index in [-0.39, 0.29) is 5.91 Å². The van der Waals surface area contributed by atoms with Gasteiger partial charge in [-0.25, -0.2) is 4.98 Å². The number of pyridine rings is 1. The third-order valence-corrected chi connectivity index (χ3v) is 4.13. The van der Waals surface area contributed by atoms with Gasteiger partial charge in [-0.15, -0.1) is 0 Å². The second kappa shape index (κ2) is 8.49. The number of hydrogen-bond acceptors (Lipinski definition) is 4. The Hall–Kier alpha value is -3.15. The number of ether oxygens (including phenoxy) is 1. The number of anilines is 1. The number of aryl methyl sites for hydroxylation is 1. The second-order valence-electron chi connectivity index (χ2n) is 6.00. The van der Waals surface area contributed by atoms with Crippen molar-refractivity contribution in [3.8, 4) is 5.75 Å². The second-order valence-corrected chi connectivity index (χ2v) is 6.00. The molecular formula is C21H24N4O2. The van der Waals surface area contributed by atoms with Crippen molar-refractivity contribution >= 4 is 11.7 Å². The van der Waals surface area contributed by atoms with Crippen molar-refractivity contribution in [2.45, 2.75) is 33.9 Å². The van der Waals surface area contributed by atoms with Gasteiger partial charge in [-0.2, -0.15) is 5.10 Å². The molecule has 3 heterocycles. The minimum Gasteiger partial charge on any atom is -0.487 e. The third kappa shape index (κ3) is 4.16. The minimum atomic E-state index is -0.0823. The molecule has 2 aromatic heterocycles. The molecule has 6 nitrogen and oxygen atoms in total. The smallest absolute Gasteiger partial charge is 0.277 e. The van der Waals surface area contributed by atoms with Crippen LogP contribution in [0.1, 0.15) is 35.6 Å². The number of nitrogens with zero attached hydrogens (tertiary/aromatic N) is 4. The van der Waals surface area contributed by atoms with Crippen LogP contribution in [0.25, 0.3) is 0 Å². The highest BCUT2D eigenvalue weighted by atomic mass is 16.5. The highest BCUT2D eigenvalue weighted by molar-refractivity contribution is 6.05. The number of aromatic nitrogens is 3. The predicted octanol–water partition coefficient (Wildman–Crippen LogP) is 3.85. The van der Waals surface area contributed by atoms with Crippen molar-refractivity contribution in [3.05, 3.63) is 71.7 Å². The van der Waals surface area contributed by atoms with Gasteiger partial charge in [-0.3, -0.25) is 14.4 Å². The number of carbonyl (C=O) groups is 1. The van der Waals surface area contributed by atoms with Gasteiger partial charge >= 0.3 is 0 Å². The van der Waals surface area contributed by atoms with Crippen molar-refractivity contribution in [2.24, 2.45) is 0 Å². The molecule has 0 radical (unpaired) electrons. The molecule has 140 valence electrons. The number of amides is 1. The van der Waals surface area contributed by atoms with Crippen LogP contribution >= 0.6 is 0 Å². The molecule has 0 spiro atoms. The summed E-state index contributed by atoms with van der Waals surface area (Å²) in [5, 5.41) is 4.48. The number of hydrogen-bond donors (Lipinski definition) is 0. The first-order chi connectivity index (χ1) is 13.2. The molecule has 4 rings (SSSR count). The molecule has 0 bridgehead atoms. The van der Waals surface area contributed by atoms with Crippen LogP contribution in [0.15, 0.2) is 54.7 Å². The van der Waals surface area contributed by atoms with E-state index >= 15 is 0 Å². The van der Waals surface area contributed by atoms with Crippen molar-refractivity contribution in [2.75, 3.05) is 11.4 Å². The maximum Gasteiger partial charge on any atom is 0.277 e. The highest BCUT2D eigenvalue weighted by Crippen LogP contribution is 2.20. The molecule has 0 saturated carbocycles. The molecule has 3 aromatic rings. The SMILES string of the molecule is CC.Cc1ccc(N2CCn3nc(COc4ccccc4)cc3C2=O)nc1. The standard InChI is InChI=1S/C19H18N4O2.C2H6/c1-14-7-8-18(20-12-14)22-9-10-23-17(19(22)24)11-15(21-23)13-25-16-5-3-2-4-6-16;1-2/h2-8,11-12H,9-10,13H2,1H3;1-2H3. The average Bonchev–Trinajstić information content (AvgIpc) is 3.14. The molecule has 1 aliphatic rings. The van der Waals surface area contributed by atoms with Gasteiger partial charge in [0.2, 0.25) is 0 Å². The lowest BCUT2D eigenvalue weighted by Crippen LogP contribution is -2.40. The Morgan fingerprint density at radius 2 is 1.85 bits per heavy atom. The lowest BCUT2D eigenvalue weighted by molar-refractivity contribution is 0.0961. The molecule has 27 heavy (non-hydrogen) atoms. The van der Waals surface area contributed by atoms with E-state index in [2.05, 4.69) is 10.1 Å². The highest BCUT2D eigenvalue weighted by Gasteiger charge is 2.28. The Morgan fingerprint density at radius 3 is 2.56 bits per heavy atom. The predicted molar refractivity (Wildman–Crippen MR) is 105 cm³/mol. The number of benzene rings is 1. The van der Waals surface area contributed by atoms with E-state index in [0.717, 1.165) is 17.0 Å². The Kier molecular flexibility index (Phi) is 5.86. The van der Waals surface area contributed by atoms with E-state index < -0.39 is 0 Å². The summed E-state index contributed by atoms with van der Waals surface area (Å²) in [6.45, 7) is 7.51. The van der Waals surface area contributed by atoms with Gasteiger partial charge < -0.3 is 4.74 Å². The Morgan fingerprint density at radius 1 is 1.07 bits per heavy atom. The number of rotatable bonds is 4. The van der Waals surface area contributed by atoms with Crippen LogP contribution in [-0.2, 0) is 13.2 Å². The van der Waals surface area contributed by atoms with Crippen molar-refractivity contribution < 1.29 is 9.53 Å². The summed E-state index contributed by atoms with van der Waals surface area (Å²) in [6.07, 6.45) is 1.77.